The quantitative estimate of drug-likeness (QED) is 0.860. The maximum absolute atomic E-state index is 12.2. The highest BCUT2D eigenvalue weighted by Crippen LogP contribution is 2.23. The first-order valence-electron chi connectivity index (χ1n) is 6.86. The highest BCUT2D eigenvalue weighted by atomic mass is 16.2. The number of carbonyl (C=O) groups is 1. The SMILES string of the molecule is CCCC(C)(N)C(=O)Nc1c(C)nn(C(C)C)c1C. The van der Waals surface area contributed by atoms with Gasteiger partial charge in [-0.1, -0.05) is 13.3 Å². The Morgan fingerprint density at radius 3 is 2.47 bits per heavy atom. The van der Waals surface area contributed by atoms with Crippen molar-refractivity contribution in [2.24, 2.45) is 5.73 Å². The van der Waals surface area contributed by atoms with Crippen molar-refractivity contribution in [1.82, 2.24) is 9.78 Å². The van der Waals surface area contributed by atoms with Crippen LogP contribution < -0.4 is 11.1 Å². The zero-order valence-corrected chi connectivity index (χ0v) is 12.9. The summed E-state index contributed by atoms with van der Waals surface area (Å²) in [6.45, 7) is 11.8. The summed E-state index contributed by atoms with van der Waals surface area (Å²) >= 11 is 0. The van der Waals surface area contributed by atoms with Gasteiger partial charge in [0.15, 0.2) is 0 Å². The van der Waals surface area contributed by atoms with Gasteiger partial charge in [0.1, 0.15) is 0 Å². The number of nitrogens with zero attached hydrogens (tertiary/aromatic N) is 2. The third-order valence-electron chi connectivity index (χ3n) is 3.34. The molecule has 1 atom stereocenters. The molecule has 19 heavy (non-hydrogen) atoms. The molecule has 0 bridgehead atoms. The monoisotopic (exact) mass is 266 g/mol. The minimum absolute atomic E-state index is 0.149. The lowest BCUT2D eigenvalue weighted by atomic mass is 9.96. The summed E-state index contributed by atoms with van der Waals surface area (Å²) in [4.78, 5) is 12.2. The third kappa shape index (κ3) is 3.35. The summed E-state index contributed by atoms with van der Waals surface area (Å²) < 4.78 is 1.92. The number of aryl methyl sites for hydroxylation is 1. The first-order chi connectivity index (χ1) is 8.70. The number of carbonyl (C=O) groups excluding carboxylic acids is 1. The van der Waals surface area contributed by atoms with Crippen molar-refractivity contribution in [3.8, 4) is 0 Å². The van der Waals surface area contributed by atoms with Gasteiger partial charge in [0.05, 0.1) is 22.6 Å². The lowest BCUT2D eigenvalue weighted by Crippen LogP contribution is -2.48. The molecule has 1 heterocycles. The molecule has 3 N–H and O–H groups in total. The van der Waals surface area contributed by atoms with Crippen LogP contribution in [0.3, 0.4) is 0 Å². The van der Waals surface area contributed by atoms with Gasteiger partial charge in [0.25, 0.3) is 0 Å². The van der Waals surface area contributed by atoms with E-state index in [0.29, 0.717) is 6.42 Å². The van der Waals surface area contributed by atoms with Crippen LogP contribution in [-0.2, 0) is 4.79 Å². The Bertz CT molecular complexity index is 460. The second-order valence-electron chi connectivity index (χ2n) is 5.71. The van der Waals surface area contributed by atoms with E-state index in [9.17, 15) is 4.79 Å². The number of nitrogens with one attached hydrogen (secondary N) is 1. The molecule has 0 spiro atoms. The van der Waals surface area contributed by atoms with Gasteiger partial charge in [-0.2, -0.15) is 5.10 Å². The molecule has 5 heteroatoms. The van der Waals surface area contributed by atoms with E-state index in [1.807, 2.05) is 25.5 Å². The summed E-state index contributed by atoms with van der Waals surface area (Å²) in [5.41, 5.74) is 7.78. The third-order valence-corrected chi connectivity index (χ3v) is 3.34. The molecule has 1 aromatic heterocycles. The van der Waals surface area contributed by atoms with Gasteiger partial charge in [0, 0.05) is 6.04 Å². The molecule has 1 unspecified atom stereocenters. The Balaban J connectivity index is 2.98. The van der Waals surface area contributed by atoms with E-state index in [1.54, 1.807) is 6.92 Å². The minimum atomic E-state index is -0.840. The molecule has 0 aromatic carbocycles. The van der Waals surface area contributed by atoms with Crippen molar-refractivity contribution in [3.05, 3.63) is 11.4 Å². The zero-order chi connectivity index (χ0) is 14.8. The fraction of sp³-hybridized carbons (Fsp3) is 0.714. The van der Waals surface area contributed by atoms with Gasteiger partial charge in [-0.3, -0.25) is 9.48 Å². The molecule has 0 aliphatic heterocycles. The van der Waals surface area contributed by atoms with Crippen LogP contribution in [0.2, 0.25) is 0 Å². The standard InChI is InChI=1S/C14H26N4O/c1-7-8-14(6,15)13(19)16-12-10(4)17-18(9(2)3)11(12)5/h9H,7-8,15H2,1-6H3,(H,16,19). The van der Waals surface area contributed by atoms with Crippen LogP contribution in [0.15, 0.2) is 0 Å². The molecular weight excluding hydrogens is 240 g/mol. The van der Waals surface area contributed by atoms with Crippen molar-refractivity contribution in [2.45, 2.75) is 66.0 Å². The second-order valence-corrected chi connectivity index (χ2v) is 5.71. The molecule has 0 aliphatic rings. The molecule has 1 aromatic rings. The lowest BCUT2D eigenvalue weighted by molar-refractivity contribution is -0.120. The molecule has 0 saturated carbocycles. The van der Waals surface area contributed by atoms with E-state index < -0.39 is 5.54 Å². The lowest BCUT2D eigenvalue weighted by Gasteiger charge is -2.23. The smallest absolute Gasteiger partial charge is 0.244 e. The van der Waals surface area contributed by atoms with Crippen molar-refractivity contribution < 1.29 is 4.79 Å². The van der Waals surface area contributed by atoms with Crippen molar-refractivity contribution in [3.63, 3.8) is 0 Å². The maximum Gasteiger partial charge on any atom is 0.244 e. The predicted octanol–water partition coefficient (Wildman–Crippen LogP) is 2.54. The van der Waals surface area contributed by atoms with Crippen LogP contribution >= 0.6 is 0 Å². The van der Waals surface area contributed by atoms with Gasteiger partial charge < -0.3 is 11.1 Å². The molecular formula is C14H26N4O. The summed E-state index contributed by atoms with van der Waals surface area (Å²) in [6.07, 6.45) is 1.54. The molecule has 0 fully saturated rings. The Morgan fingerprint density at radius 2 is 2.05 bits per heavy atom. The highest BCUT2D eigenvalue weighted by molar-refractivity contribution is 5.98. The van der Waals surface area contributed by atoms with Crippen molar-refractivity contribution in [2.75, 3.05) is 5.32 Å². The molecule has 0 saturated heterocycles. The molecule has 1 amide bonds. The molecule has 1 rings (SSSR count). The fourth-order valence-electron chi connectivity index (χ4n) is 2.24. The topological polar surface area (TPSA) is 72.9 Å². The number of nitrogens with two attached hydrogens (primary N) is 1. The van der Waals surface area contributed by atoms with Crippen LogP contribution in [0.5, 0.6) is 0 Å². The zero-order valence-electron chi connectivity index (χ0n) is 12.9. The van der Waals surface area contributed by atoms with Crippen LogP contribution in [0.25, 0.3) is 0 Å². The Hall–Kier alpha value is -1.36. The number of anilines is 1. The molecule has 5 nitrogen and oxygen atoms in total. The summed E-state index contributed by atoms with van der Waals surface area (Å²) in [5, 5.41) is 7.38. The average Bonchev–Trinajstić information content (AvgIpc) is 2.56. The Kier molecular flexibility index (Phi) is 4.74. The van der Waals surface area contributed by atoms with Crippen LogP contribution in [0, 0.1) is 13.8 Å². The highest BCUT2D eigenvalue weighted by Gasteiger charge is 2.28. The van der Waals surface area contributed by atoms with Crippen LogP contribution in [0.1, 0.15) is 58.0 Å². The van der Waals surface area contributed by atoms with Gasteiger partial charge in [0.2, 0.25) is 5.91 Å². The minimum Gasteiger partial charge on any atom is -0.321 e. The maximum atomic E-state index is 12.2. The fourth-order valence-corrected chi connectivity index (χ4v) is 2.24. The number of rotatable bonds is 5. The van der Waals surface area contributed by atoms with E-state index in [1.165, 1.54) is 0 Å². The van der Waals surface area contributed by atoms with E-state index in [2.05, 4.69) is 24.3 Å². The van der Waals surface area contributed by atoms with E-state index in [-0.39, 0.29) is 11.9 Å². The van der Waals surface area contributed by atoms with Crippen molar-refractivity contribution in [1.29, 1.82) is 0 Å². The average molecular weight is 266 g/mol. The Morgan fingerprint density at radius 1 is 1.47 bits per heavy atom. The number of hydrogen-bond donors (Lipinski definition) is 2. The van der Waals surface area contributed by atoms with Crippen LogP contribution in [-0.4, -0.2) is 21.2 Å². The van der Waals surface area contributed by atoms with Gasteiger partial charge in [-0.25, -0.2) is 0 Å². The molecule has 0 aliphatic carbocycles. The van der Waals surface area contributed by atoms with Gasteiger partial charge in [-0.15, -0.1) is 0 Å². The molecule has 0 radical (unpaired) electrons. The summed E-state index contributed by atoms with van der Waals surface area (Å²) in [7, 11) is 0. The molecule has 108 valence electrons. The van der Waals surface area contributed by atoms with Gasteiger partial charge >= 0.3 is 0 Å². The first-order valence-corrected chi connectivity index (χ1v) is 6.86. The number of hydrogen-bond acceptors (Lipinski definition) is 3. The second kappa shape index (κ2) is 5.74. The largest absolute Gasteiger partial charge is 0.321 e. The van der Waals surface area contributed by atoms with E-state index >= 15 is 0 Å². The van der Waals surface area contributed by atoms with E-state index in [0.717, 1.165) is 23.5 Å². The van der Waals surface area contributed by atoms with Gasteiger partial charge in [-0.05, 0) is 41.0 Å². The summed E-state index contributed by atoms with van der Waals surface area (Å²) in [6, 6.07) is 0.268. The summed E-state index contributed by atoms with van der Waals surface area (Å²) in [5.74, 6) is -0.149. The number of aromatic nitrogens is 2. The first kappa shape index (κ1) is 15.7. The van der Waals surface area contributed by atoms with Crippen LogP contribution in [0.4, 0.5) is 5.69 Å². The predicted molar refractivity (Wildman–Crippen MR) is 78.2 cm³/mol. The number of amides is 1. The van der Waals surface area contributed by atoms with Crippen molar-refractivity contribution >= 4 is 11.6 Å². The van der Waals surface area contributed by atoms with E-state index in [4.69, 9.17) is 5.73 Å². The normalized spacial score (nSPS) is 14.5. The Labute approximate surface area is 115 Å².